The topological polar surface area (TPSA) is 41.8 Å². The van der Waals surface area contributed by atoms with E-state index >= 15 is 0 Å². The molecule has 4 aliphatic carbocycles. The summed E-state index contributed by atoms with van der Waals surface area (Å²) in [6.07, 6.45) is 10.6. The fraction of sp³-hybridized carbons (Fsp3) is 0.765. The molecule has 1 aromatic heterocycles. The molecule has 4 aliphatic rings. The third-order valence-corrected chi connectivity index (χ3v) is 6.28. The van der Waals surface area contributed by atoms with Gasteiger partial charge in [-0.3, -0.25) is 0 Å². The lowest BCUT2D eigenvalue weighted by molar-refractivity contribution is -0.0619. The molecule has 3 atom stereocenters. The molecule has 1 heterocycles. The van der Waals surface area contributed by atoms with E-state index in [1.807, 2.05) is 0 Å². The lowest BCUT2D eigenvalue weighted by atomic mass is 9.45. The van der Waals surface area contributed by atoms with Gasteiger partial charge in [0.2, 0.25) is 0 Å². The highest BCUT2D eigenvalue weighted by Gasteiger charge is 2.55. The highest BCUT2D eigenvalue weighted by Crippen LogP contribution is 2.63. The first-order valence-electron chi connectivity index (χ1n) is 8.06. The van der Waals surface area contributed by atoms with Gasteiger partial charge in [0.05, 0.1) is 0 Å². The Balaban J connectivity index is 1.64. The molecule has 0 aromatic carbocycles. The second-order valence-corrected chi connectivity index (χ2v) is 7.71. The molecule has 0 amide bonds. The SMILES string of the molecule is CC(N)CC1C2CC3CC1CC(c1ccc[nH]1)(C3)C2. The van der Waals surface area contributed by atoms with E-state index in [9.17, 15) is 0 Å². The lowest BCUT2D eigenvalue weighted by Gasteiger charge is -2.60. The fourth-order valence-electron chi connectivity index (χ4n) is 5.93. The molecule has 4 bridgehead atoms. The first-order chi connectivity index (χ1) is 9.16. The smallest absolute Gasteiger partial charge is 0.0210 e. The Morgan fingerprint density at radius 2 is 2.05 bits per heavy atom. The quantitative estimate of drug-likeness (QED) is 0.856. The maximum Gasteiger partial charge on any atom is 0.0210 e. The Morgan fingerprint density at radius 3 is 2.63 bits per heavy atom. The minimum atomic E-state index is 0.379. The van der Waals surface area contributed by atoms with Gasteiger partial charge in [-0.2, -0.15) is 0 Å². The maximum absolute atomic E-state index is 6.09. The summed E-state index contributed by atoms with van der Waals surface area (Å²) in [6, 6.07) is 4.88. The Bertz CT molecular complexity index is 432. The third-order valence-electron chi connectivity index (χ3n) is 6.28. The van der Waals surface area contributed by atoms with Crippen molar-refractivity contribution in [3.63, 3.8) is 0 Å². The molecular formula is C17H26N2. The normalized spacial score (nSPS) is 45.6. The maximum atomic E-state index is 6.09. The number of hydrogen-bond acceptors (Lipinski definition) is 1. The van der Waals surface area contributed by atoms with Crippen LogP contribution in [0.4, 0.5) is 0 Å². The molecule has 4 saturated carbocycles. The molecule has 104 valence electrons. The van der Waals surface area contributed by atoms with E-state index in [0.717, 1.165) is 23.7 Å². The van der Waals surface area contributed by atoms with Crippen LogP contribution < -0.4 is 5.73 Å². The zero-order chi connectivity index (χ0) is 13.0. The molecule has 1 aromatic rings. The van der Waals surface area contributed by atoms with Crippen molar-refractivity contribution in [2.24, 2.45) is 29.4 Å². The summed E-state index contributed by atoms with van der Waals surface area (Å²) in [4.78, 5) is 3.53. The van der Waals surface area contributed by atoms with Crippen LogP contribution in [-0.4, -0.2) is 11.0 Å². The van der Waals surface area contributed by atoms with Crippen molar-refractivity contribution < 1.29 is 0 Å². The summed E-state index contributed by atoms with van der Waals surface area (Å²) in [7, 11) is 0. The highest BCUT2D eigenvalue weighted by molar-refractivity contribution is 5.24. The van der Waals surface area contributed by atoms with Crippen LogP contribution in [0.25, 0.3) is 0 Å². The molecular weight excluding hydrogens is 232 g/mol. The summed E-state index contributed by atoms with van der Waals surface area (Å²) >= 11 is 0. The molecule has 19 heavy (non-hydrogen) atoms. The summed E-state index contributed by atoms with van der Waals surface area (Å²) in [5.41, 5.74) is 8.11. The van der Waals surface area contributed by atoms with Gasteiger partial charge in [-0.1, -0.05) is 0 Å². The minimum Gasteiger partial charge on any atom is -0.365 e. The van der Waals surface area contributed by atoms with Crippen molar-refractivity contribution in [2.75, 3.05) is 0 Å². The largest absolute Gasteiger partial charge is 0.365 e. The van der Waals surface area contributed by atoms with Gasteiger partial charge in [0.1, 0.15) is 0 Å². The monoisotopic (exact) mass is 258 g/mol. The van der Waals surface area contributed by atoms with Gasteiger partial charge in [-0.25, -0.2) is 0 Å². The van der Waals surface area contributed by atoms with Crippen LogP contribution in [0.2, 0.25) is 0 Å². The Hall–Kier alpha value is -0.760. The first-order valence-corrected chi connectivity index (χ1v) is 8.06. The molecule has 0 spiro atoms. The fourth-order valence-corrected chi connectivity index (χ4v) is 5.93. The zero-order valence-corrected chi connectivity index (χ0v) is 11.9. The van der Waals surface area contributed by atoms with E-state index in [-0.39, 0.29) is 0 Å². The van der Waals surface area contributed by atoms with Crippen molar-refractivity contribution >= 4 is 0 Å². The number of aromatic amines is 1. The average Bonchev–Trinajstić information content (AvgIpc) is 2.87. The molecule has 0 saturated heterocycles. The van der Waals surface area contributed by atoms with Gasteiger partial charge in [0.15, 0.2) is 0 Å². The second kappa shape index (κ2) is 4.12. The van der Waals surface area contributed by atoms with Crippen molar-refractivity contribution in [3.8, 4) is 0 Å². The van der Waals surface area contributed by atoms with Crippen LogP contribution >= 0.6 is 0 Å². The summed E-state index contributed by atoms with van der Waals surface area (Å²) in [5.74, 6) is 3.80. The average molecular weight is 258 g/mol. The predicted molar refractivity (Wildman–Crippen MR) is 77.8 cm³/mol. The van der Waals surface area contributed by atoms with Crippen LogP contribution in [0.1, 0.15) is 51.1 Å². The van der Waals surface area contributed by atoms with E-state index in [4.69, 9.17) is 5.73 Å². The van der Waals surface area contributed by atoms with Crippen molar-refractivity contribution in [1.29, 1.82) is 0 Å². The van der Waals surface area contributed by atoms with E-state index < -0.39 is 0 Å². The van der Waals surface area contributed by atoms with Gasteiger partial charge in [-0.05, 0) is 81.3 Å². The van der Waals surface area contributed by atoms with Crippen molar-refractivity contribution in [2.45, 2.75) is 56.9 Å². The van der Waals surface area contributed by atoms with Gasteiger partial charge < -0.3 is 10.7 Å². The molecule has 2 nitrogen and oxygen atoms in total. The highest BCUT2D eigenvalue weighted by atomic mass is 14.7. The standard InChI is InChI=1S/C17H26N2/c1-11(18)5-15-13-6-12-7-14(15)10-17(8-12,9-13)16-3-2-4-19-16/h2-4,11-15,19H,5-10,18H2,1H3. The van der Waals surface area contributed by atoms with Gasteiger partial charge in [-0.15, -0.1) is 0 Å². The number of H-pyrrole nitrogens is 1. The van der Waals surface area contributed by atoms with E-state index in [0.29, 0.717) is 11.5 Å². The van der Waals surface area contributed by atoms with Crippen LogP contribution in [0.5, 0.6) is 0 Å². The van der Waals surface area contributed by atoms with Crippen LogP contribution in [0.15, 0.2) is 18.3 Å². The third kappa shape index (κ3) is 1.79. The van der Waals surface area contributed by atoms with Crippen LogP contribution in [0, 0.1) is 23.7 Å². The van der Waals surface area contributed by atoms with Crippen molar-refractivity contribution in [3.05, 3.63) is 24.0 Å². The van der Waals surface area contributed by atoms with Gasteiger partial charge in [0, 0.05) is 23.3 Å². The molecule has 2 heteroatoms. The van der Waals surface area contributed by atoms with Gasteiger partial charge >= 0.3 is 0 Å². The van der Waals surface area contributed by atoms with E-state index in [1.165, 1.54) is 44.2 Å². The summed E-state index contributed by atoms with van der Waals surface area (Å²) in [6.45, 7) is 2.19. The van der Waals surface area contributed by atoms with E-state index in [1.54, 1.807) is 0 Å². The van der Waals surface area contributed by atoms with Crippen LogP contribution in [-0.2, 0) is 5.41 Å². The number of hydrogen-bond donors (Lipinski definition) is 2. The molecule has 4 fully saturated rings. The number of aromatic nitrogens is 1. The molecule has 3 N–H and O–H groups in total. The Labute approximate surface area is 116 Å². The Kier molecular flexibility index (Phi) is 2.60. The number of nitrogens with one attached hydrogen (secondary N) is 1. The lowest BCUT2D eigenvalue weighted by Crippen LogP contribution is -2.53. The molecule has 5 rings (SSSR count). The molecule has 3 unspecified atom stereocenters. The molecule has 0 radical (unpaired) electrons. The van der Waals surface area contributed by atoms with Crippen LogP contribution in [0.3, 0.4) is 0 Å². The minimum absolute atomic E-state index is 0.379. The zero-order valence-electron chi connectivity index (χ0n) is 11.9. The first kappa shape index (κ1) is 12.0. The summed E-state index contributed by atoms with van der Waals surface area (Å²) in [5, 5.41) is 0. The summed E-state index contributed by atoms with van der Waals surface area (Å²) < 4.78 is 0. The van der Waals surface area contributed by atoms with Gasteiger partial charge in [0.25, 0.3) is 0 Å². The van der Waals surface area contributed by atoms with Crippen molar-refractivity contribution in [1.82, 2.24) is 4.98 Å². The Morgan fingerprint density at radius 1 is 1.32 bits per heavy atom. The molecule has 0 aliphatic heterocycles. The predicted octanol–water partition coefficient (Wildman–Crippen LogP) is 3.45. The number of rotatable bonds is 3. The van der Waals surface area contributed by atoms with E-state index in [2.05, 4.69) is 30.2 Å². The number of nitrogens with two attached hydrogens (primary N) is 1. The second-order valence-electron chi connectivity index (χ2n) is 7.71.